The van der Waals surface area contributed by atoms with Gasteiger partial charge in [-0.05, 0) is 31.9 Å². The van der Waals surface area contributed by atoms with Gasteiger partial charge in [0.05, 0.1) is 22.7 Å². The van der Waals surface area contributed by atoms with Crippen LogP contribution in [0.2, 0.25) is 0 Å². The van der Waals surface area contributed by atoms with Crippen LogP contribution in [-0.2, 0) is 0 Å². The fraction of sp³-hybridized carbons (Fsp3) is 0.421. The van der Waals surface area contributed by atoms with E-state index in [4.69, 9.17) is 5.11 Å². The third kappa shape index (κ3) is 5.31. The average Bonchev–Trinajstić information content (AvgIpc) is 3.33. The Hall–Kier alpha value is -1.90. The fourth-order valence-electron chi connectivity index (χ4n) is 3.16. The number of aromatic nitrogens is 1. The smallest absolute Gasteiger partial charge is 0.325 e. The molecule has 1 saturated carbocycles. The standard InChI is InChI=1S/C19H23N3O3S2/c1-12-6-7-15(14(10-12)17(24)13-4-2-3-5-13)21-18(25)22-19-20-11-16(27-19)26-9-8-23/h6-7,10-11,13,23H,2-5,8-9H2,1H3,(H2,20,21,22,25). The molecule has 8 heteroatoms. The number of carbonyl (C=O) groups excluding carboxylic acids is 2. The summed E-state index contributed by atoms with van der Waals surface area (Å²) in [4.78, 5) is 29.4. The quantitative estimate of drug-likeness (QED) is 0.464. The molecule has 6 nitrogen and oxygen atoms in total. The van der Waals surface area contributed by atoms with Gasteiger partial charge in [0.2, 0.25) is 0 Å². The number of benzene rings is 1. The topological polar surface area (TPSA) is 91.3 Å². The number of aliphatic hydroxyl groups is 1. The second kappa shape index (κ2) is 9.34. The number of hydrogen-bond donors (Lipinski definition) is 3. The van der Waals surface area contributed by atoms with Crippen LogP contribution in [0.3, 0.4) is 0 Å². The molecule has 2 amide bonds. The van der Waals surface area contributed by atoms with E-state index in [1.807, 2.05) is 19.1 Å². The first-order valence-electron chi connectivity index (χ1n) is 8.99. The molecule has 144 valence electrons. The Bertz CT molecular complexity index is 816. The lowest BCUT2D eigenvalue weighted by molar-refractivity contribution is 0.0923. The van der Waals surface area contributed by atoms with E-state index >= 15 is 0 Å². The summed E-state index contributed by atoms with van der Waals surface area (Å²) in [6, 6.07) is 5.09. The van der Waals surface area contributed by atoms with E-state index < -0.39 is 6.03 Å². The zero-order valence-corrected chi connectivity index (χ0v) is 16.8. The van der Waals surface area contributed by atoms with E-state index in [-0.39, 0.29) is 18.3 Å². The third-order valence-corrected chi connectivity index (χ3v) is 6.54. The summed E-state index contributed by atoms with van der Waals surface area (Å²) < 4.78 is 0.923. The van der Waals surface area contributed by atoms with E-state index in [0.29, 0.717) is 22.1 Å². The molecule has 1 aromatic heterocycles. The van der Waals surface area contributed by atoms with Crippen LogP contribution in [0, 0.1) is 12.8 Å². The Balaban J connectivity index is 1.68. The van der Waals surface area contributed by atoms with Gasteiger partial charge in [-0.1, -0.05) is 35.8 Å². The Labute approximate surface area is 166 Å². The van der Waals surface area contributed by atoms with Gasteiger partial charge in [0, 0.05) is 17.2 Å². The number of hydrogen-bond acceptors (Lipinski definition) is 6. The SMILES string of the molecule is Cc1ccc(NC(=O)Nc2ncc(SCCO)s2)c(C(=O)C2CCCC2)c1. The number of thioether (sulfide) groups is 1. The number of ketones is 1. The monoisotopic (exact) mass is 405 g/mol. The second-order valence-corrected chi connectivity index (χ2v) is 8.96. The van der Waals surface area contributed by atoms with Crippen molar-refractivity contribution >= 4 is 45.7 Å². The van der Waals surface area contributed by atoms with Crippen molar-refractivity contribution in [2.75, 3.05) is 23.0 Å². The Morgan fingerprint density at radius 3 is 2.81 bits per heavy atom. The summed E-state index contributed by atoms with van der Waals surface area (Å²) >= 11 is 2.83. The molecular formula is C19H23N3O3S2. The summed E-state index contributed by atoms with van der Waals surface area (Å²) in [5, 5.41) is 14.8. The molecule has 0 saturated heterocycles. The van der Waals surface area contributed by atoms with Crippen LogP contribution in [0.5, 0.6) is 0 Å². The van der Waals surface area contributed by atoms with Gasteiger partial charge in [-0.2, -0.15) is 0 Å². The van der Waals surface area contributed by atoms with E-state index in [1.54, 1.807) is 12.3 Å². The molecule has 0 radical (unpaired) electrons. The molecule has 0 unspecified atom stereocenters. The van der Waals surface area contributed by atoms with Crippen LogP contribution >= 0.6 is 23.1 Å². The summed E-state index contributed by atoms with van der Waals surface area (Å²) in [6.07, 6.45) is 5.69. The third-order valence-electron chi connectivity index (χ3n) is 4.46. The Morgan fingerprint density at radius 1 is 1.30 bits per heavy atom. The van der Waals surface area contributed by atoms with Crippen molar-refractivity contribution in [3.8, 4) is 0 Å². The maximum atomic E-state index is 12.9. The van der Waals surface area contributed by atoms with E-state index in [0.717, 1.165) is 35.5 Å². The van der Waals surface area contributed by atoms with Crippen molar-refractivity contribution in [3.05, 3.63) is 35.5 Å². The minimum atomic E-state index is -0.424. The number of nitrogens with zero attached hydrogens (tertiary/aromatic N) is 1. The minimum absolute atomic E-state index is 0.0560. The number of rotatable bonds is 7. The van der Waals surface area contributed by atoms with Crippen LogP contribution in [0.1, 0.15) is 41.6 Å². The molecule has 0 aliphatic heterocycles. The molecule has 3 N–H and O–H groups in total. The number of carbonyl (C=O) groups is 2. The normalized spacial score (nSPS) is 14.3. The van der Waals surface area contributed by atoms with Gasteiger partial charge >= 0.3 is 6.03 Å². The molecule has 0 spiro atoms. The lowest BCUT2D eigenvalue weighted by atomic mass is 9.94. The molecule has 0 bridgehead atoms. The van der Waals surface area contributed by atoms with E-state index in [2.05, 4.69) is 15.6 Å². The van der Waals surface area contributed by atoms with Crippen LogP contribution in [-0.4, -0.2) is 34.3 Å². The second-order valence-electron chi connectivity index (χ2n) is 6.53. The molecule has 1 aliphatic carbocycles. The van der Waals surface area contributed by atoms with Gasteiger partial charge in [-0.15, -0.1) is 11.8 Å². The van der Waals surface area contributed by atoms with Crippen molar-refractivity contribution in [1.29, 1.82) is 0 Å². The maximum Gasteiger partial charge on any atom is 0.325 e. The van der Waals surface area contributed by atoms with Crippen LogP contribution < -0.4 is 10.6 Å². The molecule has 0 atom stereocenters. The molecular weight excluding hydrogens is 382 g/mol. The zero-order valence-electron chi connectivity index (χ0n) is 15.2. The number of aliphatic hydroxyl groups excluding tert-OH is 1. The van der Waals surface area contributed by atoms with E-state index in [1.165, 1.54) is 23.1 Å². The molecule has 1 heterocycles. The summed E-state index contributed by atoms with van der Waals surface area (Å²) in [5.74, 6) is 0.757. The molecule has 1 aliphatic rings. The van der Waals surface area contributed by atoms with Crippen molar-refractivity contribution in [1.82, 2.24) is 4.98 Å². The van der Waals surface area contributed by atoms with Crippen molar-refractivity contribution in [2.24, 2.45) is 5.92 Å². The highest BCUT2D eigenvalue weighted by molar-refractivity contribution is 8.01. The minimum Gasteiger partial charge on any atom is -0.396 e. The van der Waals surface area contributed by atoms with E-state index in [9.17, 15) is 9.59 Å². The molecule has 1 fully saturated rings. The first kappa shape index (κ1) is 19.9. The zero-order chi connectivity index (χ0) is 19.2. The number of Topliss-reactive ketones (excluding diaryl/α,β-unsaturated/α-hetero) is 1. The van der Waals surface area contributed by atoms with Crippen molar-refractivity contribution in [3.63, 3.8) is 0 Å². The number of aryl methyl sites for hydroxylation is 1. The largest absolute Gasteiger partial charge is 0.396 e. The Morgan fingerprint density at radius 2 is 2.07 bits per heavy atom. The first-order valence-corrected chi connectivity index (χ1v) is 10.8. The van der Waals surface area contributed by atoms with Crippen LogP contribution in [0.15, 0.2) is 28.6 Å². The molecule has 3 rings (SSSR count). The van der Waals surface area contributed by atoms with Crippen molar-refractivity contribution in [2.45, 2.75) is 36.8 Å². The Kier molecular flexibility index (Phi) is 6.87. The maximum absolute atomic E-state index is 12.9. The predicted octanol–water partition coefficient (Wildman–Crippen LogP) is 4.55. The molecule has 1 aromatic carbocycles. The lowest BCUT2D eigenvalue weighted by Gasteiger charge is -2.14. The van der Waals surface area contributed by atoms with Gasteiger partial charge in [0.1, 0.15) is 0 Å². The van der Waals surface area contributed by atoms with Crippen LogP contribution in [0.4, 0.5) is 15.6 Å². The first-order chi connectivity index (χ1) is 13.1. The molecule has 27 heavy (non-hydrogen) atoms. The average molecular weight is 406 g/mol. The number of nitrogens with one attached hydrogen (secondary N) is 2. The highest BCUT2D eigenvalue weighted by atomic mass is 32.2. The molecule has 2 aromatic rings. The predicted molar refractivity (Wildman–Crippen MR) is 110 cm³/mol. The van der Waals surface area contributed by atoms with Gasteiger partial charge < -0.3 is 10.4 Å². The highest BCUT2D eigenvalue weighted by Crippen LogP contribution is 2.31. The number of amides is 2. The fourth-order valence-corrected chi connectivity index (χ4v) is 4.85. The van der Waals surface area contributed by atoms with Gasteiger partial charge in [0.15, 0.2) is 10.9 Å². The number of urea groups is 1. The van der Waals surface area contributed by atoms with Gasteiger partial charge in [-0.25, -0.2) is 9.78 Å². The summed E-state index contributed by atoms with van der Waals surface area (Å²) in [7, 11) is 0. The highest BCUT2D eigenvalue weighted by Gasteiger charge is 2.26. The van der Waals surface area contributed by atoms with Gasteiger partial charge in [-0.3, -0.25) is 10.1 Å². The van der Waals surface area contributed by atoms with Crippen LogP contribution in [0.25, 0.3) is 0 Å². The number of thiazole rings is 1. The van der Waals surface area contributed by atoms with Crippen molar-refractivity contribution < 1.29 is 14.7 Å². The lowest BCUT2D eigenvalue weighted by Crippen LogP contribution is -2.22. The van der Waals surface area contributed by atoms with Gasteiger partial charge in [0.25, 0.3) is 0 Å². The number of anilines is 2. The summed E-state index contributed by atoms with van der Waals surface area (Å²) in [5.41, 5.74) is 2.10. The summed E-state index contributed by atoms with van der Waals surface area (Å²) in [6.45, 7) is 2.04.